The topological polar surface area (TPSA) is 67.4 Å². The molecular formula is C18H22N2O3. The lowest BCUT2D eigenvalue weighted by Gasteiger charge is -2.17. The first-order valence-corrected chi connectivity index (χ1v) is 8.13. The summed E-state index contributed by atoms with van der Waals surface area (Å²) >= 11 is 0. The molecule has 5 heteroatoms. The van der Waals surface area contributed by atoms with Crippen LogP contribution in [0.1, 0.15) is 18.4 Å². The van der Waals surface area contributed by atoms with Gasteiger partial charge in [0, 0.05) is 19.0 Å². The van der Waals surface area contributed by atoms with Crippen molar-refractivity contribution in [3.63, 3.8) is 0 Å². The molecule has 0 spiro atoms. The summed E-state index contributed by atoms with van der Waals surface area (Å²) in [7, 11) is 0. The number of amides is 2. The fraction of sp³-hybridized carbons (Fsp3) is 0.444. The number of nitrogens with one attached hydrogen (secondary N) is 2. The fourth-order valence-corrected chi connectivity index (χ4v) is 3.34. The molecule has 0 heterocycles. The quantitative estimate of drug-likeness (QED) is 0.625. The molecule has 5 nitrogen and oxygen atoms in total. The number of hydrogen-bond donors (Lipinski definition) is 2. The van der Waals surface area contributed by atoms with E-state index in [0.717, 1.165) is 18.4 Å². The summed E-state index contributed by atoms with van der Waals surface area (Å²) in [5, 5.41) is 5.54. The summed E-state index contributed by atoms with van der Waals surface area (Å²) in [6.07, 6.45) is 5.99. The van der Waals surface area contributed by atoms with Crippen LogP contribution in [0.4, 0.5) is 4.79 Å². The minimum absolute atomic E-state index is 0.0984. The van der Waals surface area contributed by atoms with Crippen molar-refractivity contribution in [2.24, 2.45) is 17.8 Å². The van der Waals surface area contributed by atoms with Crippen LogP contribution >= 0.6 is 0 Å². The van der Waals surface area contributed by atoms with Gasteiger partial charge in [-0.25, -0.2) is 4.79 Å². The Labute approximate surface area is 136 Å². The maximum atomic E-state index is 12.1. The van der Waals surface area contributed by atoms with Crippen molar-refractivity contribution in [1.82, 2.24) is 10.6 Å². The summed E-state index contributed by atoms with van der Waals surface area (Å²) in [6, 6.07) is 9.51. The third-order valence-corrected chi connectivity index (χ3v) is 4.52. The Hall–Kier alpha value is -2.30. The van der Waals surface area contributed by atoms with E-state index in [0.29, 0.717) is 24.9 Å². The van der Waals surface area contributed by atoms with E-state index in [4.69, 9.17) is 4.74 Å². The molecule has 2 bridgehead atoms. The van der Waals surface area contributed by atoms with Crippen molar-refractivity contribution < 1.29 is 14.3 Å². The normalized spacial score (nSPS) is 24.4. The first kappa shape index (κ1) is 15.6. The Morgan fingerprint density at radius 1 is 1.04 bits per heavy atom. The highest BCUT2D eigenvalue weighted by Gasteiger charge is 2.39. The highest BCUT2D eigenvalue weighted by atomic mass is 16.5. The number of benzene rings is 1. The number of fused-ring (bicyclic) bond motifs is 2. The molecule has 2 amide bonds. The molecule has 2 N–H and O–H groups in total. The molecule has 3 unspecified atom stereocenters. The molecular weight excluding hydrogens is 292 g/mol. The van der Waals surface area contributed by atoms with Crippen LogP contribution < -0.4 is 10.6 Å². The van der Waals surface area contributed by atoms with Gasteiger partial charge in [-0.15, -0.1) is 0 Å². The zero-order valence-electron chi connectivity index (χ0n) is 13.0. The lowest BCUT2D eigenvalue weighted by Crippen LogP contribution is -2.38. The Kier molecular flexibility index (Phi) is 4.95. The predicted octanol–water partition coefficient (Wildman–Crippen LogP) is 2.24. The predicted molar refractivity (Wildman–Crippen MR) is 86.5 cm³/mol. The van der Waals surface area contributed by atoms with E-state index < -0.39 is 6.09 Å². The van der Waals surface area contributed by atoms with Gasteiger partial charge in [-0.3, -0.25) is 4.79 Å². The van der Waals surface area contributed by atoms with Crippen LogP contribution in [0.15, 0.2) is 42.5 Å². The molecule has 0 saturated heterocycles. The average molecular weight is 314 g/mol. The first-order chi connectivity index (χ1) is 11.2. The number of ether oxygens (including phenoxy) is 1. The van der Waals surface area contributed by atoms with Crippen molar-refractivity contribution in [3.8, 4) is 0 Å². The van der Waals surface area contributed by atoms with Gasteiger partial charge in [-0.1, -0.05) is 42.5 Å². The van der Waals surface area contributed by atoms with Gasteiger partial charge in [0.15, 0.2) is 0 Å². The molecule has 1 aromatic rings. The van der Waals surface area contributed by atoms with E-state index in [1.807, 2.05) is 30.3 Å². The highest BCUT2D eigenvalue weighted by molar-refractivity contribution is 5.80. The maximum absolute atomic E-state index is 12.1. The number of hydrogen-bond acceptors (Lipinski definition) is 3. The zero-order valence-corrected chi connectivity index (χ0v) is 13.0. The summed E-state index contributed by atoms with van der Waals surface area (Å²) in [6.45, 7) is 1.05. The number of rotatable bonds is 6. The molecule has 3 rings (SSSR count). The zero-order chi connectivity index (χ0) is 16.1. The van der Waals surface area contributed by atoms with Crippen LogP contribution in [0.2, 0.25) is 0 Å². The fourth-order valence-electron chi connectivity index (χ4n) is 3.34. The van der Waals surface area contributed by atoms with Gasteiger partial charge in [0.05, 0.1) is 0 Å². The maximum Gasteiger partial charge on any atom is 0.407 e. The third-order valence-electron chi connectivity index (χ3n) is 4.52. The molecule has 1 saturated carbocycles. The number of alkyl carbamates (subject to hydrolysis) is 1. The highest BCUT2D eigenvalue weighted by Crippen LogP contribution is 2.43. The second-order valence-corrected chi connectivity index (χ2v) is 6.17. The molecule has 23 heavy (non-hydrogen) atoms. The minimum Gasteiger partial charge on any atom is -0.445 e. The molecule has 0 aromatic heterocycles. The van der Waals surface area contributed by atoms with E-state index >= 15 is 0 Å². The van der Waals surface area contributed by atoms with Crippen LogP contribution in [0.3, 0.4) is 0 Å². The van der Waals surface area contributed by atoms with Gasteiger partial charge >= 0.3 is 6.09 Å². The average Bonchev–Trinajstić information content (AvgIpc) is 3.21. The van der Waals surface area contributed by atoms with Crippen molar-refractivity contribution in [2.75, 3.05) is 13.1 Å². The van der Waals surface area contributed by atoms with Crippen LogP contribution in [-0.4, -0.2) is 25.1 Å². The lowest BCUT2D eigenvalue weighted by molar-refractivity contribution is -0.125. The van der Waals surface area contributed by atoms with Gasteiger partial charge < -0.3 is 15.4 Å². The lowest BCUT2D eigenvalue weighted by atomic mass is 9.93. The molecule has 0 radical (unpaired) electrons. The van der Waals surface area contributed by atoms with E-state index in [1.165, 1.54) is 0 Å². The summed E-state index contributed by atoms with van der Waals surface area (Å²) < 4.78 is 5.10. The summed E-state index contributed by atoms with van der Waals surface area (Å²) in [5.41, 5.74) is 0.945. The van der Waals surface area contributed by atoms with Crippen LogP contribution in [0.25, 0.3) is 0 Å². The SMILES string of the molecule is O=C(NCCNC(=O)C1CC2C=CC1C2)OCc1ccccc1. The van der Waals surface area contributed by atoms with Crippen molar-refractivity contribution in [1.29, 1.82) is 0 Å². The van der Waals surface area contributed by atoms with E-state index in [2.05, 4.69) is 22.8 Å². The molecule has 1 aromatic carbocycles. The molecule has 2 aliphatic rings. The monoisotopic (exact) mass is 314 g/mol. The van der Waals surface area contributed by atoms with Crippen LogP contribution in [-0.2, 0) is 16.1 Å². The number of carbonyl (C=O) groups excluding carboxylic acids is 2. The van der Waals surface area contributed by atoms with Crippen molar-refractivity contribution in [3.05, 3.63) is 48.0 Å². The Morgan fingerprint density at radius 2 is 1.83 bits per heavy atom. The van der Waals surface area contributed by atoms with E-state index in [1.54, 1.807) is 0 Å². The molecule has 2 aliphatic carbocycles. The molecule has 0 aliphatic heterocycles. The Morgan fingerprint density at radius 3 is 2.52 bits per heavy atom. The van der Waals surface area contributed by atoms with E-state index in [-0.39, 0.29) is 18.4 Å². The van der Waals surface area contributed by atoms with E-state index in [9.17, 15) is 9.59 Å². The molecule has 1 fully saturated rings. The van der Waals surface area contributed by atoms with Crippen LogP contribution in [0, 0.1) is 17.8 Å². The van der Waals surface area contributed by atoms with Gasteiger partial charge in [-0.2, -0.15) is 0 Å². The molecule has 3 atom stereocenters. The van der Waals surface area contributed by atoms with Crippen molar-refractivity contribution >= 4 is 12.0 Å². The third kappa shape index (κ3) is 4.12. The largest absolute Gasteiger partial charge is 0.445 e. The first-order valence-electron chi connectivity index (χ1n) is 8.13. The van der Waals surface area contributed by atoms with Crippen molar-refractivity contribution in [2.45, 2.75) is 19.4 Å². The Balaban J connectivity index is 1.28. The van der Waals surface area contributed by atoms with Gasteiger partial charge in [0.25, 0.3) is 0 Å². The molecule has 122 valence electrons. The number of allylic oxidation sites excluding steroid dienone is 2. The minimum atomic E-state index is -0.467. The Bertz CT molecular complexity index is 585. The second-order valence-electron chi connectivity index (χ2n) is 6.17. The second kappa shape index (κ2) is 7.31. The smallest absolute Gasteiger partial charge is 0.407 e. The van der Waals surface area contributed by atoms with Gasteiger partial charge in [0.1, 0.15) is 6.61 Å². The van der Waals surface area contributed by atoms with Crippen LogP contribution in [0.5, 0.6) is 0 Å². The summed E-state index contributed by atoms with van der Waals surface area (Å²) in [4.78, 5) is 23.7. The summed E-state index contributed by atoms with van der Waals surface area (Å²) in [5.74, 6) is 1.20. The standard InChI is InChI=1S/C18H22N2O3/c21-17(16-11-14-6-7-15(16)10-14)19-8-9-20-18(22)23-12-13-4-2-1-3-5-13/h1-7,14-16H,8-12H2,(H,19,21)(H,20,22). The van der Waals surface area contributed by atoms with Gasteiger partial charge in [-0.05, 0) is 30.2 Å². The number of carbonyl (C=O) groups is 2. The van der Waals surface area contributed by atoms with Gasteiger partial charge in [0.2, 0.25) is 5.91 Å².